The fourth-order valence-electron chi connectivity index (χ4n) is 12.0. The maximum absolute atomic E-state index is 15.2. The standard InChI is InChI=1S/C55H82O24/c1-11-20(2)41-32(75-36-15-30(57)45(60)22(4)70-36)14-28-12-27-13-29(54(69-10)52(67)44(59)21(3)56)55(51(66)43(27)50(65)42(28)49(41)64)79-40-18-34(48(63)25(7)73-40)76-38-17-33(47(62)24(6)72-38)77-39-19-35(53(68-9)26(8)74-39)78-37-16-31(58)46(61)23(5)71-37/h12,14,20-26,29-31,33-40,44-48,53-65H,11,13,15-19H2,1-10H3/t20?,21?,22-,23-,24-,25-,26-,29?,30-,31-,33-,34-,35-,36+,37+,38+,39+,40+,44?,45-,46-,47+,48-,53-,54?,55?/m1/s1. The van der Waals surface area contributed by atoms with Crippen LogP contribution in [0.1, 0.15) is 121 Å². The lowest BCUT2D eigenvalue weighted by molar-refractivity contribution is -0.339. The van der Waals surface area contributed by atoms with Gasteiger partial charge in [-0.3, -0.25) is 9.59 Å². The number of phenolic OH excluding ortho intramolecular Hbond substituents is 2. The van der Waals surface area contributed by atoms with E-state index in [1.165, 1.54) is 21.1 Å². The van der Waals surface area contributed by atoms with Gasteiger partial charge in [0, 0.05) is 57.8 Å². The van der Waals surface area contributed by atoms with Crippen LogP contribution in [0.3, 0.4) is 0 Å². The van der Waals surface area contributed by atoms with E-state index >= 15 is 4.79 Å². The third kappa shape index (κ3) is 12.9. The summed E-state index contributed by atoms with van der Waals surface area (Å²) in [5.41, 5.74) is 0.261. The van der Waals surface area contributed by atoms with Crippen LogP contribution in [0.4, 0.5) is 0 Å². The Kier molecular flexibility index (Phi) is 20.1. The van der Waals surface area contributed by atoms with Crippen molar-refractivity contribution in [3.63, 3.8) is 0 Å². The van der Waals surface area contributed by atoms with E-state index in [0.717, 1.165) is 0 Å². The van der Waals surface area contributed by atoms with Crippen LogP contribution < -0.4 is 4.74 Å². The number of rotatable bonds is 18. The molecule has 24 nitrogen and oxygen atoms in total. The molecular weight excluding hydrogens is 1040 g/mol. The first-order valence-electron chi connectivity index (χ1n) is 27.5. The SMILES string of the molecule is CCC(C)c1c(O[C@H]2C[C@@H](O)[C@H](O)[C@@H](C)O2)cc2cc3c(c(O)c2c1O)C(=O)C(O[C@H]1C[C@@H](O[C@H]2C[C@@H](O[C@H]4C[C@@H](O[C@H]5C[C@@H](O)[C@H](O)[C@@H](C)O5)[C@H](OC)[C@@H](C)O4)[C@@H](O)[C@@H](C)O2)[C@H](O)[C@@H](C)O1)C(C(OC)C(=O)C(O)C(C)O)C3. The number of carbonyl (C=O) groups excluding carboxylic acids is 2. The van der Waals surface area contributed by atoms with E-state index in [4.69, 9.17) is 56.8 Å². The number of benzene rings is 2. The number of Topliss-reactive ketones (excluding diaryl/α,β-unsaturated/α-hetero) is 2. The van der Waals surface area contributed by atoms with Crippen molar-refractivity contribution in [3.8, 4) is 17.2 Å². The highest BCUT2D eigenvalue weighted by Crippen LogP contribution is 2.50. The molecule has 26 atom stereocenters. The zero-order valence-corrected chi connectivity index (χ0v) is 46.3. The molecule has 446 valence electrons. The lowest BCUT2D eigenvalue weighted by Crippen LogP contribution is -2.57. The molecule has 24 heteroatoms. The number of fused-ring (bicyclic) bond motifs is 2. The summed E-state index contributed by atoms with van der Waals surface area (Å²) in [5, 5.41) is 110. The lowest BCUT2D eigenvalue weighted by atomic mass is 9.74. The topological polar surface area (TPSA) is 347 Å². The summed E-state index contributed by atoms with van der Waals surface area (Å²) < 4.78 is 73.5. The summed E-state index contributed by atoms with van der Waals surface area (Å²) in [4.78, 5) is 29.1. The number of hydrogen-bond donors (Lipinski definition) is 10. The van der Waals surface area contributed by atoms with Gasteiger partial charge in [-0.25, -0.2) is 0 Å². The maximum atomic E-state index is 15.2. The van der Waals surface area contributed by atoms with Crippen molar-refractivity contribution in [2.24, 2.45) is 5.92 Å². The summed E-state index contributed by atoms with van der Waals surface area (Å²) in [5.74, 6) is -4.22. The zero-order valence-electron chi connectivity index (χ0n) is 46.3. The van der Waals surface area contributed by atoms with E-state index in [-0.39, 0.29) is 83.4 Å². The van der Waals surface area contributed by atoms with Gasteiger partial charge in [0.1, 0.15) is 66.1 Å². The molecule has 0 spiro atoms. The van der Waals surface area contributed by atoms with Crippen molar-refractivity contribution in [1.82, 2.24) is 0 Å². The molecule has 2 aromatic carbocycles. The van der Waals surface area contributed by atoms with Gasteiger partial charge in [-0.05, 0) is 83.4 Å². The fourth-order valence-corrected chi connectivity index (χ4v) is 12.0. The van der Waals surface area contributed by atoms with Gasteiger partial charge >= 0.3 is 0 Å². The second kappa shape index (κ2) is 25.7. The molecule has 0 amide bonds. The van der Waals surface area contributed by atoms with Crippen molar-refractivity contribution in [2.45, 2.75) is 254 Å². The van der Waals surface area contributed by atoms with Crippen LogP contribution in [0, 0.1) is 5.92 Å². The molecule has 5 saturated heterocycles. The Hall–Kier alpha value is -3.32. The van der Waals surface area contributed by atoms with Crippen molar-refractivity contribution in [1.29, 1.82) is 0 Å². The number of ketones is 2. The average Bonchev–Trinajstić information content (AvgIpc) is 3.48. The number of phenols is 2. The van der Waals surface area contributed by atoms with Crippen molar-refractivity contribution in [3.05, 3.63) is 28.8 Å². The molecule has 5 aliphatic heterocycles. The number of carbonyl (C=O) groups is 2. The predicted octanol–water partition coefficient (Wildman–Crippen LogP) is 1.22. The van der Waals surface area contributed by atoms with Crippen LogP contribution in [-0.2, 0) is 63.3 Å². The Morgan fingerprint density at radius 1 is 0.646 bits per heavy atom. The lowest BCUT2D eigenvalue weighted by Gasteiger charge is -2.46. The molecule has 0 radical (unpaired) electrons. The Balaban J connectivity index is 1.04. The van der Waals surface area contributed by atoms with Crippen LogP contribution in [0.5, 0.6) is 17.2 Å². The van der Waals surface area contributed by atoms with Crippen molar-refractivity contribution in [2.75, 3.05) is 14.2 Å². The number of aromatic hydroxyl groups is 2. The molecule has 79 heavy (non-hydrogen) atoms. The second-order valence-corrected chi connectivity index (χ2v) is 22.3. The molecule has 10 N–H and O–H groups in total. The second-order valence-electron chi connectivity index (χ2n) is 22.3. The monoisotopic (exact) mass is 1130 g/mol. The molecule has 5 heterocycles. The normalized spacial score (nSPS) is 40.8. The Morgan fingerprint density at radius 3 is 1.65 bits per heavy atom. The van der Waals surface area contributed by atoms with Crippen molar-refractivity contribution >= 4 is 22.3 Å². The molecule has 2 aromatic rings. The van der Waals surface area contributed by atoms with Gasteiger partial charge in [0.2, 0.25) is 6.29 Å². The van der Waals surface area contributed by atoms with Gasteiger partial charge in [-0.2, -0.15) is 0 Å². The molecule has 0 bridgehead atoms. The third-order valence-corrected chi connectivity index (χ3v) is 16.7. The van der Waals surface area contributed by atoms with Crippen LogP contribution >= 0.6 is 0 Å². The molecule has 5 fully saturated rings. The summed E-state index contributed by atoms with van der Waals surface area (Å²) >= 11 is 0. The van der Waals surface area contributed by atoms with E-state index in [9.17, 15) is 55.9 Å². The number of hydrogen-bond acceptors (Lipinski definition) is 24. The molecule has 6 aliphatic rings. The Bertz CT molecular complexity index is 2380. The smallest absolute Gasteiger partial charge is 0.202 e. The fraction of sp³-hybridized carbons (Fsp3) is 0.782. The molecule has 6 unspecified atom stereocenters. The van der Waals surface area contributed by atoms with Gasteiger partial charge < -0.3 is 108 Å². The van der Waals surface area contributed by atoms with Gasteiger partial charge in [0.15, 0.2) is 36.7 Å². The minimum absolute atomic E-state index is 0.0208. The first-order valence-corrected chi connectivity index (χ1v) is 27.5. The first kappa shape index (κ1) is 61.7. The van der Waals surface area contributed by atoms with Gasteiger partial charge in [0.05, 0.1) is 78.1 Å². The highest BCUT2D eigenvalue weighted by molar-refractivity contribution is 6.11. The minimum atomic E-state index is -1.94. The van der Waals surface area contributed by atoms with E-state index in [0.29, 0.717) is 6.42 Å². The summed E-state index contributed by atoms with van der Waals surface area (Å²) in [7, 11) is 2.71. The predicted molar refractivity (Wildman–Crippen MR) is 273 cm³/mol. The molecule has 8 rings (SSSR count). The summed E-state index contributed by atoms with van der Waals surface area (Å²) in [6.45, 7) is 13.1. The van der Waals surface area contributed by atoms with Gasteiger partial charge in [-0.1, -0.05) is 13.8 Å². The molecule has 0 saturated carbocycles. The minimum Gasteiger partial charge on any atom is -0.507 e. The zero-order chi connectivity index (χ0) is 57.6. The summed E-state index contributed by atoms with van der Waals surface area (Å²) in [6.07, 6.45) is -25.9. The number of ether oxygens (including phenoxy) is 12. The number of aliphatic hydroxyl groups is 8. The van der Waals surface area contributed by atoms with Crippen LogP contribution in [-0.4, -0.2) is 224 Å². The molecule has 1 aliphatic carbocycles. The van der Waals surface area contributed by atoms with E-state index in [2.05, 4.69) is 0 Å². The van der Waals surface area contributed by atoms with Crippen molar-refractivity contribution < 1.29 is 117 Å². The largest absolute Gasteiger partial charge is 0.507 e. The van der Waals surface area contributed by atoms with Crippen LogP contribution in [0.25, 0.3) is 10.8 Å². The van der Waals surface area contributed by atoms with Crippen LogP contribution in [0.2, 0.25) is 0 Å². The molecular formula is C55H82O24. The maximum Gasteiger partial charge on any atom is 0.202 e. The van der Waals surface area contributed by atoms with E-state index < -0.39 is 171 Å². The van der Waals surface area contributed by atoms with Crippen LogP contribution in [0.15, 0.2) is 12.1 Å². The number of aliphatic hydroxyl groups excluding tert-OH is 8. The van der Waals surface area contributed by atoms with Gasteiger partial charge in [-0.15, -0.1) is 0 Å². The highest BCUT2D eigenvalue weighted by Gasteiger charge is 2.51. The first-order chi connectivity index (χ1) is 37.3. The van der Waals surface area contributed by atoms with E-state index in [1.807, 2.05) is 13.8 Å². The molecule has 0 aromatic heterocycles. The third-order valence-electron chi connectivity index (χ3n) is 16.7. The Morgan fingerprint density at radius 2 is 1.13 bits per heavy atom. The van der Waals surface area contributed by atoms with E-state index in [1.54, 1.807) is 46.8 Å². The Labute approximate surface area is 458 Å². The highest BCUT2D eigenvalue weighted by atomic mass is 16.7. The quantitative estimate of drug-likeness (QED) is 0.100. The average molecular weight is 1130 g/mol. The van der Waals surface area contributed by atoms with Gasteiger partial charge in [0.25, 0.3) is 0 Å². The summed E-state index contributed by atoms with van der Waals surface area (Å²) in [6, 6.07) is 3.12. The number of methoxy groups -OCH3 is 2.